The van der Waals surface area contributed by atoms with Crippen LogP contribution in [0.4, 0.5) is 0 Å². The molecule has 1 fully saturated rings. The standard InChI is InChI=1S/C24H19N7OS/c1-29-7-6-20(9-23(29)32)30-15-19(13-27-30)17-8-22(24-18(11-26)12-28-31(24)14-17)33-21-5-3-2-4-16(21)10-25/h2-5,8,12-15,20H,6-7,9H2,1H3/t20-/m1/s1. The lowest BCUT2D eigenvalue weighted by atomic mass is 10.1. The topological polar surface area (TPSA) is 103 Å². The second kappa shape index (κ2) is 8.45. The molecule has 1 amide bonds. The van der Waals surface area contributed by atoms with Crippen LogP contribution in [0.1, 0.15) is 30.0 Å². The van der Waals surface area contributed by atoms with Gasteiger partial charge in [0.25, 0.3) is 0 Å². The summed E-state index contributed by atoms with van der Waals surface area (Å²) in [6.45, 7) is 0.716. The molecule has 1 aliphatic heterocycles. The summed E-state index contributed by atoms with van der Waals surface area (Å²) in [4.78, 5) is 15.5. The molecular formula is C24H19N7OS. The van der Waals surface area contributed by atoms with Gasteiger partial charge in [0.15, 0.2) is 0 Å². The van der Waals surface area contributed by atoms with E-state index < -0.39 is 0 Å². The van der Waals surface area contributed by atoms with Gasteiger partial charge in [-0.2, -0.15) is 20.7 Å². The largest absolute Gasteiger partial charge is 0.346 e. The number of hydrogen-bond acceptors (Lipinski definition) is 6. The highest BCUT2D eigenvalue weighted by atomic mass is 32.2. The van der Waals surface area contributed by atoms with Gasteiger partial charge in [-0.05, 0) is 24.6 Å². The normalized spacial score (nSPS) is 16.0. The van der Waals surface area contributed by atoms with Crippen LogP contribution in [-0.2, 0) is 4.79 Å². The van der Waals surface area contributed by atoms with Crippen molar-refractivity contribution in [3.05, 3.63) is 66.2 Å². The number of carbonyl (C=O) groups is 1. The molecule has 0 saturated carbocycles. The molecule has 9 heteroatoms. The first-order valence-corrected chi connectivity index (χ1v) is 11.3. The molecule has 0 bridgehead atoms. The summed E-state index contributed by atoms with van der Waals surface area (Å²) < 4.78 is 3.56. The van der Waals surface area contributed by atoms with E-state index in [9.17, 15) is 15.3 Å². The second-order valence-electron chi connectivity index (χ2n) is 7.94. The highest BCUT2D eigenvalue weighted by molar-refractivity contribution is 7.99. The highest BCUT2D eigenvalue weighted by Gasteiger charge is 2.25. The first-order valence-electron chi connectivity index (χ1n) is 10.4. The number of amides is 1. The maximum Gasteiger partial charge on any atom is 0.224 e. The van der Waals surface area contributed by atoms with Gasteiger partial charge in [-0.1, -0.05) is 23.9 Å². The molecule has 33 heavy (non-hydrogen) atoms. The van der Waals surface area contributed by atoms with E-state index in [0.717, 1.165) is 27.3 Å². The molecule has 162 valence electrons. The van der Waals surface area contributed by atoms with Crippen molar-refractivity contribution in [1.82, 2.24) is 24.3 Å². The van der Waals surface area contributed by atoms with Crippen LogP contribution in [0.2, 0.25) is 0 Å². The Bertz CT molecular complexity index is 1460. The smallest absolute Gasteiger partial charge is 0.224 e. The number of rotatable bonds is 4. The van der Waals surface area contributed by atoms with Gasteiger partial charge < -0.3 is 4.90 Å². The van der Waals surface area contributed by atoms with E-state index in [2.05, 4.69) is 22.3 Å². The molecule has 4 heterocycles. The molecule has 5 rings (SSSR count). The first kappa shape index (κ1) is 20.8. The maximum atomic E-state index is 12.1. The van der Waals surface area contributed by atoms with Crippen molar-refractivity contribution in [3.63, 3.8) is 0 Å². The lowest BCUT2D eigenvalue weighted by Crippen LogP contribution is -2.36. The van der Waals surface area contributed by atoms with Gasteiger partial charge in [0.2, 0.25) is 5.91 Å². The highest BCUT2D eigenvalue weighted by Crippen LogP contribution is 2.37. The Kier molecular flexibility index (Phi) is 5.33. The Balaban J connectivity index is 1.55. The Labute approximate surface area is 194 Å². The van der Waals surface area contributed by atoms with Crippen LogP contribution >= 0.6 is 11.8 Å². The molecule has 1 aliphatic rings. The summed E-state index contributed by atoms with van der Waals surface area (Å²) in [5, 5.41) is 28.0. The Hall–Kier alpha value is -4.08. The summed E-state index contributed by atoms with van der Waals surface area (Å²) in [5.74, 6) is 0.125. The van der Waals surface area contributed by atoms with Crippen molar-refractivity contribution < 1.29 is 4.79 Å². The quantitative estimate of drug-likeness (QED) is 0.464. The third-order valence-corrected chi connectivity index (χ3v) is 6.97. The maximum absolute atomic E-state index is 12.1. The molecule has 0 aliphatic carbocycles. The summed E-state index contributed by atoms with van der Waals surface area (Å²) in [7, 11) is 1.82. The second-order valence-corrected chi connectivity index (χ2v) is 9.02. The van der Waals surface area contributed by atoms with Crippen molar-refractivity contribution in [2.24, 2.45) is 0 Å². The molecule has 1 aromatic carbocycles. The van der Waals surface area contributed by atoms with E-state index in [0.29, 0.717) is 29.6 Å². The third kappa shape index (κ3) is 3.84. The average Bonchev–Trinajstić information content (AvgIpc) is 3.48. The molecule has 1 atom stereocenters. The predicted molar refractivity (Wildman–Crippen MR) is 122 cm³/mol. The van der Waals surface area contributed by atoms with Crippen LogP contribution in [0.15, 0.2) is 64.9 Å². The molecule has 0 N–H and O–H groups in total. The number of pyridine rings is 1. The van der Waals surface area contributed by atoms with Crippen molar-refractivity contribution in [2.75, 3.05) is 13.6 Å². The molecule has 0 radical (unpaired) electrons. The van der Waals surface area contributed by atoms with E-state index in [-0.39, 0.29) is 11.9 Å². The fourth-order valence-corrected chi connectivity index (χ4v) is 5.10. The SMILES string of the molecule is CN1CC[C@@H](n2cc(-c3cc(Sc4ccccc4C#N)c4c(C#N)cnn4c3)cn2)CC1=O. The van der Waals surface area contributed by atoms with E-state index >= 15 is 0 Å². The lowest BCUT2D eigenvalue weighted by molar-refractivity contribution is -0.133. The van der Waals surface area contributed by atoms with Crippen molar-refractivity contribution >= 4 is 23.2 Å². The third-order valence-electron chi connectivity index (χ3n) is 5.87. The predicted octanol–water partition coefficient (Wildman–Crippen LogP) is 3.89. The summed E-state index contributed by atoms with van der Waals surface area (Å²) in [6, 6.07) is 13.9. The number of nitrogens with zero attached hydrogens (tertiary/aromatic N) is 7. The van der Waals surface area contributed by atoms with Gasteiger partial charge in [0.1, 0.15) is 12.1 Å². The van der Waals surface area contributed by atoms with Gasteiger partial charge in [0, 0.05) is 53.3 Å². The van der Waals surface area contributed by atoms with Crippen LogP contribution in [0.5, 0.6) is 0 Å². The Morgan fingerprint density at radius 3 is 2.64 bits per heavy atom. The van der Waals surface area contributed by atoms with Crippen LogP contribution in [-0.4, -0.2) is 43.8 Å². The van der Waals surface area contributed by atoms with Crippen LogP contribution in [0, 0.1) is 22.7 Å². The summed E-state index contributed by atoms with van der Waals surface area (Å²) in [6.07, 6.45) is 8.46. The van der Waals surface area contributed by atoms with Gasteiger partial charge in [-0.15, -0.1) is 0 Å². The zero-order chi connectivity index (χ0) is 22.9. The van der Waals surface area contributed by atoms with Crippen LogP contribution in [0.25, 0.3) is 16.6 Å². The molecular weight excluding hydrogens is 434 g/mol. The number of carbonyl (C=O) groups excluding carboxylic acids is 1. The zero-order valence-corrected chi connectivity index (χ0v) is 18.7. The number of aromatic nitrogens is 4. The minimum absolute atomic E-state index is 0.0393. The minimum atomic E-state index is 0.0393. The average molecular weight is 454 g/mol. The number of piperidine rings is 1. The van der Waals surface area contributed by atoms with Gasteiger partial charge >= 0.3 is 0 Å². The molecule has 0 unspecified atom stereocenters. The number of nitriles is 2. The molecule has 1 saturated heterocycles. The van der Waals surface area contributed by atoms with Crippen LogP contribution < -0.4 is 0 Å². The van der Waals surface area contributed by atoms with Gasteiger partial charge in [0.05, 0.1) is 35.1 Å². The molecule has 0 spiro atoms. The van der Waals surface area contributed by atoms with E-state index in [1.54, 1.807) is 27.9 Å². The van der Waals surface area contributed by atoms with E-state index in [1.165, 1.54) is 11.8 Å². The Morgan fingerprint density at radius 1 is 1.03 bits per heavy atom. The van der Waals surface area contributed by atoms with E-state index in [1.807, 2.05) is 48.4 Å². The van der Waals surface area contributed by atoms with Crippen molar-refractivity contribution in [3.8, 4) is 23.3 Å². The number of hydrogen-bond donors (Lipinski definition) is 0. The summed E-state index contributed by atoms with van der Waals surface area (Å²) >= 11 is 1.43. The van der Waals surface area contributed by atoms with E-state index in [4.69, 9.17) is 0 Å². The van der Waals surface area contributed by atoms with Crippen LogP contribution in [0.3, 0.4) is 0 Å². The zero-order valence-electron chi connectivity index (χ0n) is 17.8. The molecule has 8 nitrogen and oxygen atoms in total. The molecule has 3 aromatic heterocycles. The Morgan fingerprint density at radius 2 is 1.85 bits per heavy atom. The van der Waals surface area contributed by atoms with Gasteiger partial charge in [-0.3, -0.25) is 9.48 Å². The van der Waals surface area contributed by atoms with Gasteiger partial charge in [-0.25, -0.2) is 4.52 Å². The first-order chi connectivity index (χ1) is 16.1. The number of fused-ring (bicyclic) bond motifs is 1. The fourth-order valence-electron chi connectivity index (χ4n) is 4.01. The molecule has 4 aromatic rings. The fraction of sp³-hybridized carbons (Fsp3) is 0.208. The lowest BCUT2D eigenvalue weighted by Gasteiger charge is -2.28. The summed E-state index contributed by atoms with van der Waals surface area (Å²) in [5.41, 5.74) is 3.53. The monoisotopic (exact) mass is 453 g/mol. The number of benzene rings is 1. The number of likely N-dealkylation sites (tertiary alicyclic amines) is 1. The van der Waals surface area contributed by atoms with Crippen molar-refractivity contribution in [1.29, 1.82) is 10.5 Å². The minimum Gasteiger partial charge on any atom is -0.346 e. The van der Waals surface area contributed by atoms with Crippen molar-refractivity contribution in [2.45, 2.75) is 28.7 Å².